The standard InChI is InChI=1S/C13H20N2S/c1-13(2)12-6-14-5-11(12)8-15(13)7-10-3-4-16-9-10/h3-4,9,11-12,14H,5-8H2,1-2H3. The van der Waals surface area contributed by atoms with E-state index >= 15 is 0 Å². The maximum absolute atomic E-state index is 3.53. The van der Waals surface area contributed by atoms with Gasteiger partial charge in [-0.2, -0.15) is 11.3 Å². The third-order valence-corrected chi connectivity index (χ3v) is 5.20. The Labute approximate surface area is 102 Å². The van der Waals surface area contributed by atoms with E-state index in [1.165, 1.54) is 25.2 Å². The van der Waals surface area contributed by atoms with Crippen LogP contribution < -0.4 is 5.32 Å². The number of fused-ring (bicyclic) bond motifs is 1. The van der Waals surface area contributed by atoms with Gasteiger partial charge in [0.25, 0.3) is 0 Å². The van der Waals surface area contributed by atoms with Gasteiger partial charge in [-0.25, -0.2) is 0 Å². The van der Waals surface area contributed by atoms with Crippen molar-refractivity contribution in [3.05, 3.63) is 22.4 Å². The molecule has 2 aliphatic heterocycles. The van der Waals surface area contributed by atoms with E-state index < -0.39 is 0 Å². The van der Waals surface area contributed by atoms with Gasteiger partial charge in [-0.1, -0.05) is 0 Å². The maximum atomic E-state index is 3.53. The molecule has 0 aliphatic carbocycles. The highest BCUT2D eigenvalue weighted by molar-refractivity contribution is 7.07. The SMILES string of the molecule is CC1(C)C2CNCC2CN1Cc1ccsc1. The van der Waals surface area contributed by atoms with Crippen LogP contribution in [0.2, 0.25) is 0 Å². The highest BCUT2D eigenvalue weighted by atomic mass is 32.1. The van der Waals surface area contributed by atoms with Crippen molar-refractivity contribution in [1.82, 2.24) is 10.2 Å². The maximum Gasteiger partial charge on any atom is 0.0247 e. The quantitative estimate of drug-likeness (QED) is 0.846. The van der Waals surface area contributed by atoms with Crippen LogP contribution in [-0.2, 0) is 6.54 Å². The summed E-state index contributed by atoms with van der Waals surface area (Å²) < 4.78 is 0. The first-order valence-corrected chi connectivity index (χ1v) is 7.09. The minimum atomic E-state index is 0.357. The fraction of sp³-hybridized carbons (Fsp3) is 0.692. The van der Waals surface area contributed by atoms with Gasteiger partial charge in [0, 0.05) is 25.2 Å². The fourth-order valence-corrected chi connectivity index (χ4v) is 4.04. The second-order valence-electron chi connectivity index (χ2n) is 5.69. The Kier molecular flexibility index (Phi) is 2.57. The molecule has 3 heterocycles. The molecule has 0 aromatic carbocycles. The first kappa shape index (κ1) is 10.8. The average Bonchev–Trinajstić information content (AvgIpc) is 2.89. The molecule has 2 saturated heterocycles. The van der Waals surface area contributed by atoms with Crippen molar-refractivity contribution in [3.8, 4) is 0 Å². The first-order valence-electron chi connectivity index (χ1n) is 6.15. The number of rotatable bonds is 2. The van der Waals surface area contributed by atoms with Crippen molar-refractivity contribution >= 4 is 11.3 Å². The van der Waals surface area contributed by atoms with Crippen molar-refractivity contribution in [3.63, 3.8) is 0 Å². The molecular formula is C13H20N2S. The summed E-state index contributed by atoms with van der Waals surface area (Å²) in [4.78, 5) is 2.67. The minimum absolute atomic E-state index is 0.357. The molecule has 1 N–H and O–H groups in total. The van der Waals surface area contributed by atoms with Crippen molar-refractivity contribution < 1.29 is 0 Å². The van der Waals surface area contributed by atoms with Crippen LogP contribution >= 0.6 is 11.3 Å². The van der Waals surface area contributed by atoms with Crippen molar-refractivity contribution in [1.29, 1.82) is 0 Å². The number of thiophene rings is 1. The lowest BCUT2D eigenvalue weighted by molar-refractivity contribution is 0.132. The van der Waals surface area contributed by atoms with E-state index in [2.05, 4.69) is 40.9 Å². The Morgan fingerprint density at radius 2 is 2.38 bits per heavy atom. The molecular weight excluding hydrogens is 216 g/mol. The van der Waals surface area contributed by atoms with Gasteiger partial charge in [-0.15, -0.1) is 0 Å². The second kappa shape index (κ2) is 3.83. The van der Waals surface area contributed by atoms with Gasteiger partial charge in [0.05, 0.1) is 0 Å². The number of hydrogen-bond donors (Lipinski definition) is 1. The van der Waals surface area contributed by atoms with Crippen molar-refractivity contribution in [2.24, 2.45) is 11.8 Å². The minimum Gasteiger partial charge on any atom is -0.316 e. The number of likely N-dealkylation sites (tertiary alicyclic amines) is 1. The van der Waals surface area contributed by atoms with Crippen LogP contribution in [0.25, 0.3) is 0 Å². The van der Waals surface area contributed by atoms with Crippen molar-refractivity contribution in [2.45, 2.75) is 25.9 Å². The van der Waals surface area contributed by atoms with Gasteiger partial charge in [0.15, 0.2) is 0 Å². The van der Waals surface area contributed by atoms with Crippen LogP contribution in [0.1, 0.15) is 19.4 Å². The number of hydrogen-bond acceptors (Lipinski definition) is 3. The summed E-state index contributed by atoms with van der Waals surface area (Å²) >= 11 is 1.81. The normalized spacial score (nSPS) is 33.1. The van der Waals surface area contributed by atoms with Crippen LogP contribution in [0.4, 0.5) is 0 Å². The Balaban J connectivity index is 1.77. The third kappa shape index (κ3) is 1.62. The van der Waals surface area contributed by atoms with E-state index in [1.807, 2.05) is 0 Å². The molecule has 88 valence electrons. The number of nitrogens with zero attached hydrogens (tertiary/aromatic N) is 1. The van der Waals surface area contributed by atoms with E-state index in [0.29, 0.717) is 5.54 Å². The smallest absolute Gasteiger partial charge is 0.0247 e. The zero-order chi connectivity index (χ0) is 11.2. The van der Waals surface area contributed by atoms with Gasteiger partial charge in [0.2, 0.25) is 0 Å². The van der Waals surface area contributed by atoms with Crippen LogP contribution in [0.5, 0.6) is 0 Å². The summed E-state index contributed by atoms with van der Waals surface area (Å²) in [7, 11) is 0. The molecule has 2 unspecified atom stereocenters. The Morgan fingerprint density at radius 1 is 1.50 bits per heavy atom. The Morgan fingerprint density at radius 3 is 3.06 bits per heavy atom. The summed E-state index contributed by atoms with van der Waals surface area (Å²) in [6.45, 7) is 9.64. The third-order valence-electron chi connectivity index (χ3n) is 4.47. The summed E-state index contributed by atoms with van der Waals surface area (Å²) in [6, 6.07) is 2.26. The highest BCUT2D eigenvalue weighted by Crippen LogP contribution is 2.41. The lowest BCUT2D eigenvalue weighted by Gasteiger charge is -2.35. The van der Waals surface area contributed by atoms with E-state index in [9.17, 15) is 0 Å². The molecule has 0 radical (unpaired) electrons. The molecule has 2 atom stereocenters. The second-order valence-corrected chi connectivity index (χ2v) is 6.47. The summed E-state index contributed by atoms with van der Waals surface area (Å²) in [5.41, 5.74) is 1.84. The highest BCUT2D eigenvalue weighted by Gasteiger charge is 2.49. The van der Waals surface area contributed by atoms with E-state index in [0.717, 1.165) is 18.4 Å². The predicted molar refractivity (Wildman–Crippen MR) is 68.7 cm³/mol. The first-order chi connectivity index (χ1) is 7.68. The summed E-state index contributed by atoms with van der Waals surface area (Å²) in [5.74, 6) is 1.71. The summed E-state index contributed by atoms with van der Waals surface area (Å²) in [6.07, 6.45) is 0. The van der Waals surface area contributed by atoms with E-state index in [1.54, 1.807) is 11.3 Å². The van der Waals surface area contributed by atoms with Crippen LogP contribution in [0.3, 0.4) is 0 Å². The largest absolute Gasteiger partial charge is 0.316 e. The topological polar surface area (TPSA) is 15.3 Å². The monoisotopic (exact) mass is 236 g/mol. The van der Waals surface area contributed by atoms with Crippen LogP contribution in [-0.4, -0.2) is 30.1 Å². The fourth-order valence-electron chi connectivity index (χ4n) is 3.38. The molecule has 2 nitrogen and oxygen atoms in total. The molecule has 3 heteroatoms. The number of nitrogens with one attached hydrogen (secondary N) is 1. The zero-order valence-electron chi connectivity index (χ0n) is 10.1. The Hall–Kier alpha value is -0.380. The van der Waals surface area contributed by atoms with Gasteiger partial charge < -0.3 is 5.32 Å². The van der Waals surface area contributed by atoms with Gasteiger partial charge in [-0.3, -0.25) is 4.90 Å². The lowest BCUT2D eigenvalue weighted by Crippen LogP contribution is -2.43. The molecule has 2 fully saturated rings. The van der Waals surface area contributed by atoms with Gasteiger partial charge in [0.1, 0.15) is 0 Å². The molecule has 0 amide bonds. The van der Waals surface area contributed by atoms with Gasteiger partial charge >= 0.3 is 0 Å². The van der Waals surface area contributed by atoms with Gasteiger partial charge in [-0.05, 0) is 54.6 Å². The zero-order valence-corrected chi connectivity index (χ0v) is 10.9. The molecule has 0 saturated carbocycles. The molecule has 1 aromatic heterocycles. The summed E-state index contributed by atoms with van der Waals surface area (Å²) in [5, 5.41) is 8.00. The van der Waals surface area contributed by atoms with E-state index in [-0.39, 0.29) is 0 Å². The van der Waals surface area contributed by atoms with Crippen LogP contribution in [0, 0.1) is 11.8 Å². The van der Waals surface area contributed by atoms with E-state index in [4.69, 9.17) is 0 Å². The molecule has 0 bridgehead atoms. The predicted octanol–water partition coefficient (Wildman–Crippen LogP) is 2.18. The molecule has 2 aliphatic rings. The Bertz CT molecular complexity index is 358. The van der Waals surface area contributed by atoms with Crippen LogP contribution in [0.15, 0.2) is 16.8 Å². The molecule has 1 aromatic rings. The lowest BCUT2D eigenvalue weighted by atomic mass is 9.85. The molecule has 16 heavy (non-hydrogen) atoms. The average molecular weight is 236 g/mol. The molecule has 3 rings (SSSR count). The molecule has 0 spiro atoms. The van der Waals surface area contributed by atoms with Crippen molar-refractivity contribution in [2.75, 3.05) is 19.6 Å².